The largest absolute Gasteiger partial charge is 0.376 e. The first-order valence-electron chi connectivity index (χ1n) is 4.72. The van der Waals surface area contributed by atoms with Crippen LogP contribution in [0, 0.1) is 11.8 Å². The Kier molecular flexibility index (Phi) is 2.14. The second kappa shape index (κ2) is 3.11. The zero-order chi connectivity index (χ0) is 7.68. The van der Waals surface area contributed by atoms with Crippen LogP contribution in [0.5, 0.6) is 0 Å². The smallest absolute Gasteiger partial charge is 0.0725 e. The van der Waals surface area contributed by atoms with Gasteiger partial charge in [0.15, 0.2) is 0 Å². The highest BCUT2D eigenvalue weighted by molar-refractivity contribution is 4.83. The maximum Gasteiger partial charge on any atom is 0.0725 e. The molecule has 1 saturated heterocycles. The van der Waals surface area contributed by atoms with Gasteiger partial charge >= 0.3 is 0 Å². The number of rotatable bonds is 1. The number of hydrogen-bond donors (Lipinski definition) is 1. The van der Waals surface area contributed by atoms with Crippen LogP contribution in [-0.2, 0) is 4.74 Å². The van der Waals surface area contributed by atoms with Crippen molar-refractivity contribution in [3.05, 3.63) is 0 Å². The molecule has 0 aromatic carbocycles. The normalized spacial score (nSPS) is 43.9. The van der Waals surface area contributed by atoms with Crippen LogP contribution in [0.3, 0.4) is 0 Å². The van der Waals surface area contributed by atoms with E-state index < -0.39 is 0 Å². The van der Waals surface area contributed by atoms with Crippen LogP contribution in [0.4, 0.5) is 0 Å². The van der Waals surface area contributed by atoms with Crippen molar-refractivity contribution in [1.82, 2.24) is 0 Å². The third-order valence-electron chi connectivity index (χ3n) is 3.13. The fourth-order valence-electron chi connectivity index (χ4n) is 2.48. The van der Waals surface area contributed by atoms with Gasteiger partial charge in [-0.05, 0) is 31.1 Å². The predicted molar refractivity (Wildman–Crippen MR) is 44.2 cm³/mol. The molecule has 1 heterocycles. The highest BCUT2D eigenvalue weighted by atomic mass is 16.5. The van der Waals surface area contributed by atoms with Crippen molar-refractivity contribution in [2.75, 3.05) is 13.2 Å². The van der Waals surface area contributed by atoms with Gasteiger partial charge in [-0.25, -0.2) is 0 Å². The fraction of sp³-hybridized carbons (Fsp3) is 1.00. The summed E-state index contributed by atoms with van der Waals surface area (Å²) < 4.78 is 5.67. The molecule has 0 spiro atoms. The molecule has 2 aliphatic rings. The van der Waals surface area contributed by atoms with Crippen LogP contribution in [0.2, 0.25) is 0 Å². The van der Waals surface area contributed by atoms with Crippen molar-refractivity contribution in [2.45, 2.75) is 31.8 Å². The quantitative estimate of drug-likeness (QED) is 0.616. The van der Waals surface area contributed by atoms with Crippen LogP contribution in [0.1, 0.15) is 25.7 Å². The zero-order valence-corrected chi connectivity index (χ0v) is 6.96. The van der Waals surface area contributed by atoms with Crippen molar-refractivity contribution >= 4 is 0 Å². The van der Waals surface area contributed by atoms with Gasteiger partial charge in [0.05, 0.1) is 6.10 Å². The van der Waals surface area contributed by atoms with Crippen molar-refractivity contribution in [3.63, 3.8) is 0 Å². The molecule has 2 heteroatoms. The Morgan fingerprint density at radius 1 is 1.36 bits per heavy atom. The Balaban J connectivity index is 1.97. The molecular weight excluding hydrogens is 138 g/mol. The second-order valence-corrected chi connectivity index (χ2v) is 3.90. The molecule has 0 unspecified atom stereocenters. The van der Waals surface area contributed by atoms with Crippen LogP contribution in [0.15, 0.2) is 0 Å². The third-order valence-corrected chi connectivity index (χ3v) is 3.13. The predicted octanol–water partition coefficient (Wildman–Crippen LogP) is 1.15. The van der Waals surface area contributed by atoms with Gasteiger partial charge in [-0.3, -0.25) is 0 Å². The van der Waals surface area contributed by atoms with E-state index in [1.54, 1.807) is 0 Å². The molecule has 0 amide bonds. The molecule has 1 aliphatic heterocycles. The first-order valence-corrected chi connectivity index (χ1v) is 4.72. The van der Waals surface area contributed by atoms with Crippen LogP contribution < -0.4 is 5.73 Å². The van der Waals surface area contributed by atoms with E-state index in [1.807, 2.05) is 0 Å². The highest BCUT2D eigenvalue weighted by Gasteiger charge is 2.32. The average molecular weight is 155 g/mol. The summed E-state index contributed by atoms with van der Waals surface area (Å²) in [6, 6.07) is 0. The first kappa shape index (κ1) is 7.56. The summed E-state index contributed by atoms with van der Waals surface area (Å²) in [4.78, 5) is 0. The van der Waals surface area contributed by atoms with E-state index >= 15 is 0 Å². The topological polar surface area (TPSA) is 35.2 Å². The van der Waals surface area contributed by atoms with Gasteiger partial charge in [-0.15, -0.1) is 0 Å². The van der Waals surface area contributed by atoms with Crippen LogP contribution >= 0.6 is 0 Å². The minimum absolute atomic E-state index is 0.381. The molecule has 2 N–H and O–H groups in total. The molecule has 2 rings (SSSR count). The van der Waals surface area contributed by atoms with E-state index in [1.165, 1.54) is 25.7 Å². The molecule has 64 valence electrons. The minimum Gasteiger partial charge on any atom is -0.376 e. The zero-order valence-electron chi connectivity index (χ0n) is 6.96. The summed E-state index contributed by atoms with van der Waals surface area (Å²) in [6.45, 7) is 1.69. The van der Waals surface area contributed by atoms with E-state index in [-0.39, 0.29) is 0 Å². The maximum absolute atomic E-state index is 5.67. The third kappa shape index (κ3) is 1.42. The fourth-order valence-corrected chi connectivity index (χ4v) is 2.48. The van der Waals surface area contributed by atoms with E-state index in [0.29, 0.717) is 6.10 Å². The van der Waals surface area contributed by atoms with Gasteiger partial charge in [0.25, 0.3) is 0 Å². The van der Waals surface area contributed by atoms with Gasteiger partial charge in [-0.1, -0.05) is 6.42 Å². The summed E-state index contributed by atoms with van der Waals surface area (Å²) in [7, 11) is 0. The minimum atomic E-state index is 0.381. The van der Waals surface area contributed by atoms with Gasteiger partial charge in [0, 0.05) is 13.2 Å². The number of nitrogens with two attached hydrogens (primary N) is 1. The Morgan fingerprint density at radius 2 is 2.27 bits per heavy atom. The average Bonchev–Trinajstić information content (AvgIpc) is 2.06. The number of ether oxygens (including phenoxy) is 1. The molecule has 1 aliphatic carbocycles. The Morgan fingerprint density at radius 3 is 3.09 bits per heavy atom. The summed E-state index contributed by atoms with van der Waals surface area (Å²) in [6.07, 6.45) is 5.88. The van der Waals surface area contributed by atoms with E-state index in [0.717, 1.165) is 25.0 Å². The Bertz CT molecular complexity index is 138. The first-order chi connectivity index (χ1) is 5.40. The van der Waals surface area contributed by atoms with E-state index in [4.69, 9.17) is 10.5 Å². The molecule has 2 fully saturated rings. The lowest BCUT2D eigenvalue weighted by atomic mass is 9.77. The SMILES string of the molecule is NC[C@@H]1OC[C@@H]2CCC[C@H]1C2. The molecule has 2 nitrogen and oxygen atoms in total. The highest BCUT2D eigenvalue weighted by Crippen LogP contribution is 2.36. The second-order valence-electron chi connectivity index (χ2n) is 3.90. The lowest BCUT2D eigenvalue weighted by Gasteiger charge is -2.39. The molecule has 0 aromatic rings. The molecule has 0 aromatic heterocycles. The van der Waals surface area contributed by atoms with Gasteiger partial charge in [-0.2, -0.15) is 0 Å². The van der Waals surface area contributed by atoms with Gasteiger partial charge < -0.3 is 10.5 Å². The Hall–Kier alpha value is -0.0800. The monoisotopic (exact) mass is 155 g/mol. The molecule has 11 heavy (non-hydrogen) atoms. The van der Waals surface area contributed by atoms with Crippen LogP contribution in [-0.4, -0.2) is 19.3 Å². The molecule has 0 radical (unpaired) electrons. The molecular formula is C9H17NO. The van der Waals surface area contributed by atoms with Crippen molar-refractivity contribution < 1.29 is 4.74 Å². The van der Waals surface area contributed by atoms with Crippen molar-refractivity contribution in [3.8, 4) is 0 Å². The van der Waals surface area contributed by atoms with Gasteiger partial charge in [0.1, 0.15) is 0 Å². The molecule has 2 bridgehead atoms. The lowest BCUT2D eigenvalue weighted by Crippen LogP contribution is -2.41. The summed E-state index contributed by atoms with van der Waals surface area (Å²) in [5.74, 6) is 1.64. The molecule has 1 saturated carbocycles. The van der Waals surface area contributed by atoms with Crippen molar-refractivity contribution in [1.29, 1.82) is 0 Å². The lowest BCUT2D eigenvalue weighted by molar-refractivity contribution is -0.0706. The summed E-state index contributed by atoms with van der Waals surface area (Å²) in [5, 5.41) is 0. The van der Waals surface area contributed by atoms with Gasteiger partial charge in [0.2, 0.25) is 0 Å². The van der Waals surface area contributed by atoms with E-state index in [9.17, 15) is 0 Å². The standard InChI is InChI=1S/C9H17NO/c10-5-9-8-3-1-2-7(4-8)6-11-9/h7-9H,1-6,10H2/t7-,8+,9+/m1/s1. The van der Waals surface area contributed by atoms with E-state index in [2.05, 4.69) is 0 Å². The number of fused-ring (bicyclic) bond motifs is 2. The molecule has 3 atom stereocenters. The summed E-state index contributed by atoms with van der Waals surface area (Å²) in [5.41, 5.74) is 5.61. The number of hydrogen-bond acceptors (Lipinski definition) is 2. The van der Waals surface area contributed by atoms with Crippen LogP contribution in [0.25, 0.3) is 0 Å². The maximum atomic E-state index is 5.67. The Labute approximate surface area is 68.1 Å². The van der Waals surface area contributed by atoms with Crippen molar-refractivity contribution in [2.24, 2.45) is 17.6 Å². The summed E-state index contributed by atoms with van der Waals surface area (Å²) >= 11 is 0.